The lowest BCUT2D eigenvalue weighted by atomic mass is 10.0. The number of nitrogens with one attached hydrogen (secondary N) is 2. The molecule has 9 nitrogen and oxygen atoms in total. The van der Waals surface area contributed by atoms with Gasteiger partial charge in [-0.2, -0.15) is 18.3 Å². The monoisotopic (exact) mass is 633 g/mol. The molecule has 1 aromatic heterocycles. The lowest BCUT2D eigenvalue weighted by Crippen LogP contribution is -2.39. The van der Waals surface area contributed by atoms with E-state index in [0.29, 0.717) is 4.68 Å². The molecule has 1 fully saturated rings. The van der Waals surface area contributed by atoms with Crippen LogP contribution in [0.2, 0.25) is 0 Å². The molecule has 15 heteroatoms. The number of anilines is 3. The Labute approximate surface area is 251 Å². The Bertz CT molecular complexity index is 1780. The van der Waals surface area contributed by atoms with Crippen LogP contribution in [-0.2, 0) is 17.8 Å². The lowest BCUT2D eigenvalue weighted by molar-refractivity contribution is -0.142. The quantitative estimate of drug-likeness (QED) is 0.202. The Balaban J connectivity index is 1.49. The second kappa shape index (κ2) is 12.1. The summed E-state index contributed by atoms with van der Waals surface area (Å²) in [6.07, 6.45) is -6.14. The Morgan fingerprint density at radius 3 is 2.29 bits per heavy atom. The highest BCUT2D eigenvalue weighted by Gasteiger charge is 2.35. The van der Waals surface area contributed by atoms with Crippen LogP contribution in [0.15, 0.2) is 60.7 Å². The summed E-state index contributed by atoms with van der Waals surface area (Å²) in [6.45, 7) is -1.62. The van der Waals surface area contributed by atoms with Crippen LogP contribution in [0, 0.1) is 5.82 Å². The number of halogens is 6. The summed E-state index contributed by atoms with van der Waals surface area (Å²) >= 11 is 0. The standard InChI is InChI=1S/C30H25F6N5O4/c31-19-6-7-21(18(13-19)15-25(42)43)37-27(44)17-5-8-24(40-11-9-29(32,33)10-12-40)22(14-17)38-28(45)26-20-3-1-2-4-23(20)41(39-26)16-30(34,35)36/h1-8,13-14H,9-12,15-16H2,(H,37,44)(H,38,45)(H,42,43). The van der Waals surface area contributed by atoms with Crippen molar-refractivity contribution < 1.29 is 45.8 Å². The van der Waals surface area contributed by atoms with Crippen LogP contribution in [0.4, 0.5) is 43.4 Å². The Kier molecular flexibility index (Phi) is 8.45. The van der Waals surface area contributed by atoms with E-state index in [4.69, 9.17) is 5.11 Å². The summed E-state index contributed by atoms with van der Waals surface area (Å²) in [5, 5.41) is 18.3. The first-order chi connectivity index (χ1) is 21.2. The van der Waals surface area contributed by atoms with E-state index in [0.717, 1.165) is 12.1 Å². The molecule has 3 N–H and O–H groups in total. The van der Waals surface area contributed by atoms with E-state index in [1.807, 2.05) is 0 Å². The van der Waals surface area contributed by atoms with Gasteiger partial charge in [-0.05, 0) is 48.0 Å². The molecule has 45 heavy (non-hydrogen) atoms. The van der Waals surface area contributed by atoms with E-state index in [1.165, 1.54) is 48.5 Å². The third kappa shape index (κ3) is 7.36. The van der Waals surface area contributed by atoms with Gasteiger partial charge in [0.25, 0.3) is 17.7 Å². The smallest absolute Gasteiger partial charge is 0.408 e. The first kappa shape index (κ1) is 31.3. The van der Waals surface area contributed by atoms with Gasteiger partial charge >= 0.3 is 12.1 Å². The average Bonchev–Trinajstić information content (AvgIpc) is 3.31. The van der Waals surface area contributed by atoms with Crippen molar-refractivity contribution in [3.05, 3.63) is 83.3 Å². The van der Waals surface area contributed by atoms with Gasteiger partial charge in [0, 0.05) is 42.6 Å². The van der Waals surface area contributed by atoms with Crippen molar-refractivity contribution in [2.24, 2.45) is 0 Å². The summed E-state index contributed by atoms with van der Waals surface area (Å²) in [5.74, 6) is -6.53. The van der Waals surface area contributed by atoms with Crippen molar-refractivity contribution >= 4 is 45.7 Å². The van der Waals surface area contributed by atoms with Crippen LogP contribution in [0.1, 0.15) is 39.3 Å². The van der Waals surface area contributed by atoms with Crippen molar-refractivity contribution in [1.82, 2.24) is 9.78 Å². The van der Waals surface area contributed by atoms with Gasteiger partial charge in [-0.25, -0.2) is 13.2 Å². The van der Waals surface area contributed by atoms with E-state index >= 15 is 0 Å². The minimum atomic E-state index is -4.62. The predicted molar refractivity (Wildman–Crippen MR) is 152 cm³/mol. The average molecular weight is 634 g/mol. The molecule has 236 valence electrons. The number of aliphatic carboxylic acids is 1. The van der Waals surface area contributed by atoms with Gasteiger partial charge in [-0.1, -0.05) is 18.2 Å². The number of benzene rings is 3. The number of hydrogen-bond donors (Lipinski definition) is 3. The van der Waals surface area contributed by atoms with Crippen molar-refractivity contribution in [1.29, 1.82) is 0 Å². The molecule has 3 aromatic carbocycles. The number of carbonyl (C=O) groups is 3. The van der Waals surface area contributed by atoms with E-state index in [-0.39, 0.29) is 57.9 Å². The van der Waals surface area contributed by atoms with Crippen LogP contribution in [-0.4, -0.2) is 57.9 Å². The molecule has 1 aliphatic heterocycles. The van der Waals surface area contributed by atoms with Crippen molar-refractivity contribution in [2.75, 3.05) is 28.6 Å². The number of carbonyl (C=O) groups excluding carboxylic acids is 2. The maximum atomic E-state index is 13.9. The third-order valence-electron chi connectivity index (χ3n) is 7.20. The van der Waals surface area contributed by atoms with E-state index < -0.39 is 61.5 Å². The maximum Gasteiger partial charge on any atom is 0.408 e. The number of nitrogens with zero attached hydrogens (tertiary/aromatic N) is 3. The molecule has 0 spiro atoms. The summed E-state index contributed by atoms with van der Waals surface area (Å²) in [7, 11) is 0. The molecule has 1 aliphatic rings. The number of carboxylic acids is 1. The number of alkyl halides is 5. The summed E-state index contributed by atoms with van der Waals surface area (Å²) in [5.41, 5.74) is -0.0159. The Hall–Kier alpha value is -5.08. The van der Waals surface area contributed by atoms with E-state index in [1.54, 1.807) is 4.90 Å². The van der Waals surface area contributed by atoms with Gasteiger partial charge in [-0.3, -0.25) is 19.1 Å². The number of aromatic nitrogens is 2. The molecule has 1 saturated heterocycles. The minimum Gasteiger partial charge on any atom is -0.481 e. The molecular formula is C30H25F6N5O4. The molecule has 5 rings (SSSR count). The summed E-state index contributed by atoms with van der Waals surface area (Å²) < 4.78 is 81.9. The molecule has 4 aromatic rings. The third-order valence-corrected chi connectivity index (χ3v) is 7.20. The van der Waals surface area contributed by atoms with Crippen molar-refractivity contribution in [3.63, 3.8) is 0 Å². The van der Waals surface area contributed by atoms with Gasteiger partial charge in [0.15, 0.2) is 5.69 Å². The fourth-order valence-corrected chi connectivity index (χ4v) is 5.08. The van der Waals surface area contributed by atoms with Gasteiger partial charge < -0.3 is 20.6 Å². The highest BCUT2D eigenvalue weighted by molar-refractivity contribution is 6.13. The fourth-order valence-electron chi connectivity index (χ4n) is 5.08. The van der Waals surface area contributed by atoms with Crippen LogP contribution < -0.4 is 15.5 Å². The molecule has 2 amide bonds. The number of piperidine rings is 1. The first-order valence-electron chi connectivity index (χ1n) is 13.6. The highest BCUT2D eigenvalue weighted by atomic mass is 19.4. The zero-order chi connectivity index (χ0) is 32.5. The normalized spacial score (nSPS) is 14.8. The predicted octanol–water partition coefficient (Wildman–Crippen LogP) is 6.10. The number of fused-ring (bicyclic) bond motifs is 1. The number of rotatable bonds is 8. The molecule has 0 bridgehead atoms. The number of para-hydroxylation sites is 1. The van der Waals surface area contributed by atoms with Crippen LogP contribution in [0.5, 0.6) is 0 Å². The number of amides is 2. The molecule has 2 heterocycles. The van der Waals surface area contributed by atoms with Crippen LogP contribution >= 0.6 is 0 Å². The van der Waals surface area contributed by atoms with E-state index in [9.17, 15) is 40.7 Å². The van der Waals surface area contributed by atoms with Crippen LogP contribution in [0.3, 0.4) is 0 Å². The topological polar surface area (TPSA) is 117 Å². The van der Waals surface area contributed by atoms with Crippen LogP contribution in [0.25, 0.3) is 10.9 Å². The van der Waals surface area contributed by atoms with Gasteiger partial charge in [-0.15, -0.1) is 0 Å². The Morgan fingerprint density at radius 1 is 0.911 bits per heavy atom. The second-order valence-corrected chi connectivity index (χ2v) is 10.5. The van der Waals surface area contributed by atoms with Crippen molar-refractivity contribution in [2.45, 2.75) is 37.9 Å². The molecule has 0 saturated carbocycles. The minimum absolute atomic E-state index is 0.00261. The number of hydrogen-bond acceptors (Lipinski definition) is 5. The molecular weight excluding hydrogens is 608 g/mol. The van der Waals surface area contributed by atoms with Gasteiger partial charge in [0.2, 0.25) is 0 Å². The Morgan fingerprint density at radius 2 is 1.60 bits per heavy atom. The maximum absolute atomic E-state index is 13.9. The first-order valence-corrected chi connectivity index (χ1v) is 13.6. The largest absolute Gasteiger partial charge is 0.481 e. The zero-order valence-electron chi connectivity index (χ0n) is 23.3. The SMILES string of the molecule is O=C(O)Cc1cc(F)ccc1NC(=O)c1ccc(N2CCC(F)(F)CC2)c(NC(=O)c2nn(CC(F)(F)F)c3ccccc23)c1. The number of carboxylic acid groups (broad SMARTS) is 1. The lowest BCUT2D eigenvalue weighted by Gasteiger charge is -2.34. The molecule has 0 aliphatic carbocycles. The summed E-state index contributed by atoms with van der Waals surface area (Å²) in [6, 6.07) is 13.1. The second-order valence-electron chi connectivity index (χ2n) is 10.5. The van der Waals surface area contributed by atoms with Gasteiger partial charge in [0.1, 0.15) is 12.4 Å². The van der Waals surface area contributed by atoms with Crippen molar-refractivity contribution in [3.8, 4) is 0 Å². The highest BCUT2D eigenvalue weighted by Crippen LogP contribution is 2.35. The molecule has 0 atom stereocenters. The molecule has 0 unspecified atom stereocenters. The van der Waals surface area contributed by atoms with E-state index in [2.05, 4.69) is 15.7 Å². The molecule has 0 radical (unpaired) electrons. The zero-order valence-corrected chi connectivity index (χ0v) is 23.3. The van der Waals surface area contributed by atoms with Gasteiger partial charge in [0.05, 0.1) is 23.3 Å². The summed E-state index contributed by atoms with van der Waals surface area (Å²) in [4.78, 5) is 39.6. The fraction of sp³-hybridized carbons (Fsp3) is 0.267.